The van der Waals surface area contributed by atoms with Gasteiger partial charge in [0.1, 0.15) is 5.83 Å². The maximum atomic E-state index is 14.1. The molecule has 5 heteroatoms. The molecule has 1 heterocycles. The molecule has 17 heavy (non-hydrogen) atoms. The summed E-state index contributed by atoms with van der Waals surface area (Å²) >= 11 is 11.7. The minimum absolute atomic E-state index is 0. The van der Waals surface area contributed by atoms with Crippen LogP contribution in [0.3, 0.4) is 0 Å². The van der Waals surface area contributed by atoms with Crippen molar-refractivity contribution in [1.29, 1.82) is 0 Å². The van der Waals surface area contributed by atoms with Crippen LogP contribution in [-0.4, -0.2) is 13.1 Å². The normalized spacial score (nSPS) is 15.4. The zero-order valence-corrected chi connectivity index (χ0v) is 11.4. The van der Waals surface area contributed by atoms with Crippen LogP contribution in [0.1, 0.15) is 18.4 Å². The van der Waals surface area contributed by atoms with Crippen molar-refractivity contribution in [3.05, 3.63) is 39.4 Å². The molecule has 1 aromatic rings. The van der Waals surface area contributed by atoms with E-state index >= 15 is 0 Å². The summed E-state index contributed by atoms with van der Waals surface area (Å²) < 4.78 is 14.1. The maximum Gasteiger partial charge on any atom is 0.129 e. The van der Waals surface area contributed by atoms with Gasteiger partial charge in [-0.25, -0.2) is 4.39 Å². The quantitative estimate of drug-likeness (QED) is 0.806. The zero-order chi connectivity index (χ0) is 11.5. The number of hydrogen-bond donors (Lipinski definition) is 1. The van der Waals surface area contributed by atoms with E-state index in [1.54, 1.807) is 18.2 Å². The lowest BCUT2D eigenvalue weighted by atomic mass is 10.0. The molecular formula is C12H13Cl3FN. The van der Waals surface area contributed by atoms with Gasteiger partial charge >= 0.3 is 0 Å². The highest BCUT2D eigenvalue weighted by atomic mass is 35.5. The van der Waals surface area contributed by atoms with Crippen LogP contribution in [0.15, 0.2) is 23.8 Å². The molecule has 1 saturated heterocycles. The predicted molar refractivity (Wildman–Crippen MR) is 73.8 cm³/mol. The highest BCUT2D eigenvalue weighted by Gasteiger charge is 2.13. The van der Waals surface area contributed by atoms with E-state index in [4.69, 9.17) is 23.2 Å². The lowest BCUT2D eigenvalue weighted by Crippen LogP contribution is -2.23. The number of hydrogen-bond acceptors (Lipinski definition) is 1. The lowest BCUT2D eigenvalue weighted by Gasteiger charge is -2.16. The summed E-state index contributed by atoms with van der Waals surface area (Å²) in [4.78, 5) is 0. The molecule has 0 aromatic heterocycles. The van der Waals surface area contributed by atoms with Crippen LogP contribution in [0, 0.1) is 0 Å². The average molecular weight is 297 g/mol. The summed E-state index contributed by atoms with van der Waals surface area (Å²) in [5, 5.41) is 4.04. The number of piperidine rings is 1. The van der Waals surface area contributed by atoms with Crippen LogP contribution >= 0.6 is 35.6 Å². The summed E-state index contributed by atoms with van der Waals surface area (Å²) in [6.07, 6.45) is 1.51. The molecule has 1 nitrogen and oxygen atoms in total. The van der Waals surface area contributed by atoms with Gasteiger partial charge in [0.15, 0.2) is 0 Å². The number of benzene rings is 1. The molecule has 0 saturated carbocycles. The van der Waals surface area contributed by atoms with E-state index in [1.807, 2.05) is 0 Å². The van der Waals surface area contributed by atoms with Crippen LogP contribution in [0.2, 0.25) is 10.0 Å². The molecule has 0 aliphatic carbocycles. The lowest BCUT2D eigenvalue weighted by molar-refractivity contribution is 0.596. The molecule has 2 rings (SSSR count). The molecule has 0 unspecified atom stereocenters. The second-order valence-corrected chi connectivity index (χ2v) is 4.61. The van der Waals surface area contributed by atoms with Crippen molar-refractivity contribution in [2.45, 2.75) is 12.8 Å². The van der Waals surface area contributed by atoms with Crippen molar-refractivity contribution in [3.8, 4) is 0 Å². The number of halogens is 4. The molecular weight excluding hydrogens is 283 g/mol. The van der Waals surface area contributed by atoms with Gasteiger partial charge < -0.3 is 5.32 Å². The molecule has 0 bridgehead atoms. The molecule has 0 atom stereocenters. The van der Waals surface area contributed by atoms with E-state index in [9.17, 15) is 4.39 Å². The fourth-order valence-electron chi connectivity index (χ4n) is 1.78. The Morgan fingerprint density at radius 1 is 1.12 bits per heavy atom. The Morgan fingerprint density at radius 2 is 1.76 bits per heavy atom. The van der Waals surface area contributed by atoms with Gasteiger partial charge in [-0.15, -0.1) is 12.4 Å². The van der Waals surface area contributed by atoms with Crippen LogP contribution < -0.4 is 5.32 Å². The molecule has 0 amide bonds. The highest BCUT2D eigenvalue weighted by molar-refractivity contribution is 6.42. The zero-order valence-electron chi connectivity index (χ0n) is 9.10. The van der Waals surface area contributed by atoms with Gasteiger partial charge in [-0.2, -0.15) is 0 Å². The fourth-order valence-corrected chi connectivity index (χ4v) is 2.08. The largest absolute Gasteiger partial charge is 0.316 e. The third kappa shape index (κ3) is 3.59. The second kappa shape index (κ2) is 6.60. The predicted octanol–water partition coefficient (Wildman–Crippen LogP) is 4.48. The molecule has 1 aromatic carbocycles. The van der Waals surface area contributed by atoms with E-state index in [0.717, 1.165) is 31.5 Å². The van der Waals surface area contributed by atoms with Crippen molar-refractivity contribution >= 4 is 41.4 Å². The minimum Gasteiger partial charge on any atom is -0.316 e. The topological polar surface area (TPSA) is 12.0 Å². The summed E-state index contributed by atoms with van der Waals surface area (Å²) in [5.74, 6) is -0.153. The van der Waals surface area contributed by atoms with Crippen molar-refractivity contribution in [1.82, 2.24) is 5.32 Å². The van der Waals surface area contributed by atoms with Gasteiger partial charge in [-0.3, -0.25) is 0 Å². The fraction of sp³-hybridized carbons (Fsp3) is 0.333. The van der Waals surface area contributed by atoms with Crippen molar-refractivity contribution in [2.75, 3.05) is 13.1 Å². The van der Waals surface area contributed by atoms with Gasteiger partial charge in [-0.1, -0.05) is 29.3 Å². The number of rotatable bonds is 1. The first-order chi connectivity index (χ1) is 7.68. The van der Waals surface area contributed by atoms with E-state index in [0.29, 0.717) is 15.6 Å². The van der Waals surface area contributed by atoms with Crippen molar-refractivity contribution < 1.29 is 4.39 Å². The molecule has 1 N–H and O–H groups in total. The molecule has 0 radical (unpaired) electrons. The SMILES string of the molecule is Cl.FC(=C1CCNCC1)c1ccc(Cl)c(Cl)c1. The third-order valence-electron chi connectivity index (χ3n) is 2.69. The van der Waals surface area contributed by atoms with Crippen LogP contribution in [0.25, 0.3) is 5.83 Å². The Balaban J connectivity index is 0.00000144. The minimum atomic E-state index is -0.153. The van der Waals surface area contributed by atoms with Crippen LogP contribution in [0.5, 0.6) is 0 Å². The summed E-state index contributed by atoms with van der Waals surface area (Å²) in [5.41, 5.74) is 1.38. The first kappa shape index (κ1) is 14.8. The van der Waals surface area contributed by atoms with E-state index in [1.165, 1.54) is 0 Å². The standard InChI is InChI=1S/C12H12Cl2FN.ClH/c13-10-2-1-9(7-11(10)14)12(15)8-3-5-16-6-4-8;/h1-2,7,16H,3-6H2;1H. The first-order valence-corrected chi connectivity index (χ1v) is 5.98. The smallest absolute Gasteiger partial charge is 0.129 e. The van der Waals surface area contributed by atoms with Gasteiger partial charge in [0, 0.05) is 5.56 Å². The van der Waals surface area contributed by atoms with E-state index in [-0.39, 0.29) is 18.2 Å². The molecule has 0 spiro atoms. The molecule has 1 fully saturated rings. The number of nitrogens with one attached hydrogen (secondary N) is 1. The monoisotopic (exact) mass is 295 g/mol. The van der Waals surface area contributed by atoms with Crippen molar-refractivity contribution in [2.24, 2.45) is 0 Å². The van der Waals surface area contributed by atoms with Crippen LogP contribution in [-0.2, 0) is 0 Å². The van der Waals surface area contributed by atoms with Gasteiger partial charge in [-0.05, 0) is 43.6 Å². The molecule has 94 valence electrons. The maximum absolute atomic E-state index is 14.1. The Bertz CT molecular complexity index is 424. The van der Waals surface area contributed by atoms with Gasteiger partial charge in [0.2, 0.25) is 0 Å². The Morgan fingerprint density at radius 3 is 2.35 bits per heavy atom. The Hall–Kier alpha value is -0.280. The van der Waals surface area contributed by atoms with Crippen molar-refractivity contribution in [3.63, 3.8) is 0 Å². The average Bonchev–Trinajstić information content (AvgIpc) is 2.33. The Labute approximate surface area is 116 Å². The summed E-state index contributed by atoms with van der Waals surface area (Å²) in [6.45, 7) is 1.67. The second-order valence-electron chi connectivity index (χ2n) is 3.80. The Kier molecular flexibility index (Phi) is 5.74. The highest BCUT2D eigenvalue weighted by Crippen LogP contribution is 2.30. The molecule has 1 aliphatic heterocycles. The summed E-state index contributed by atoms with van der Waals surface area (Å²) in [6, 6.07) is 4.87. The summed E-state index contributed by atoms with van der Waals surface area (Å²) in [7, 11) is 0. The molecule has 1 aliphatic rings. The van der Waals surface area contributed by atoms with E-state index < -0.39 is 0 Å². The van der Waals surface area contributed by atoms with E-state index in [2.05, 4.69) is 5.32 Å². The van der Waals surface area contributed by atoms with Gasteiger partial charge in [0.05, 0.1) is 10.0 Å². The van der Waals surface area contributed by atoms with Gasteiger partial charge in [0.25, 0.3) is 0 Å². The third-order valence-corrected chi connectivity index (χ3v) is 3.43. The first-order valence-electron chi connectivity index (χ1n) is 5.22. The van der Waals surface area contributed by atoms with Crippen LogP contribution in [0.4, 0.5) is 4.39 Å².